The van der Waals surface area contributed by atoms with Crippen molar-refractivity contribution in [2.45, 2.75) is 64.3 Å². The molecule has 3 rings (SSSR count). The zero-order valence-corrected chi connectivity index (χ0v) is 16.8. The molecular formula is C21H36N2O4. The molecule has 6 nitrogen and oxygen atoms in total. The van der Waals surface area contributed by atoms with Gasteiger partial charge in [0.2, 0.25) is 0 Å². The SMILES string of the molecule is CC1CC(C)c2c1c(O)n(CC1CCCCC1CN(CCO)CCO)c2O. The molecule has 27 heavy (non-hydrogen) atoms. The van der Waals surface area contributed by atoms with Crippen LogP contribution in [0.25, 0.3) is 0 Å². The second kappa shape index (κ2) is 8.84. The topological polar surface area (TPSA) is 89.1 Å². The van der Waals surface area contributed by atoms with E-state index in [-0.39, 0.29) is 36.8 Å². The van der Waals surface area contributed by atoms with Crippen molar-refractivity contribution in [3.8, 4) is 11.8 Å². The van der Waals surface area contributed by atoms with Crippen molar-refractivity contribution in [1.82, 2.24) is 9.47 Å². The number of hydrogen-bond donors (Lipinski definition) is 4. The summed E-state index contributed by atoms with van der Waals surface area (Å²) in [5.74, 6) is 1.91. The fraction of sp³-hybridized carbons (Fsp3) is 0.810. The van der Waals surface area contributed by atoms with Gasteiger partial charge in [-0.25, -0.2) is 0 Å². The van der Waals surface area contributed by atoms with Crippen molar-refractivity contribution in [3.63, 3.8) is 0 Å². The van der Waals surface area contributed by atoms with Crippen molar-refractivity contribution in [2.75, 3.05) is 32.8 Å². The highest BCUT2D eigenvalue weighted by Gasteiger charge is 2.37. The molecule has 0 saturated heterocycles. The quantitative estimate of drug-likeness (QED) is 0.557. The van der Waals surface area contributed by atoms with Crippen molar-refractivity contribution < 1.29 is 20.4 Å². The van der Waals surface area contributed by atoms with Crippen molar-refractivity contribution in [2.24, 2.45) is 11.8 Å². The van der Waals surface area contributed by atoms with E-state index in [0.717, 1.165) is 36.9 Å². The maximum absolute atomic E-state index is 10.8. The predicted octanol–water partition coefficient (Wildman–Crippen LogP) is 2.60. The van der Waals surface area contributed by atoms with Crippen LogP contribution in [0.15, 0.2) is 0 Å². The van der Waals surface area contributed by atoms with E-state index in [2.05, 4.69) is 18.7 Å². The second-order valence-corrected chi connectivity index (χ2v) is 8.68. The maximum Gasteiger partial charge on any atom is 0.197 e. The van der Waals surface area contributed by atoms with Gasteiger partial charge in [0.1, 0.15) is 0 Å². The van der Waals surface area contributed by atoms with E-state index in [0.29, 0.717) is 31.5 Å². The van der Waals surface area contributed by atoms with Gasteiger partial charge in [-0.3, -0.25) is 9.47 Å². The Hall–Kier alpha value is -1.24. The van der Waals surface area contributed by atoms with Gasteiger partial charge in [-0.15, -0.1) is 0 Å². The Morgan fingerprint density at radius 1 is 0.889 bits per heavy atom. The monoisotopic (exact) mass is 380 g/mol. The van der Waals surface area contributed by atoms with E-state index in [9.17, 15) is 20.4 Å². The summed E-state index contributed by atoms with van der Waals surface area (Å²) in [6.07, 6.45) is 5.56. The number of rotatable bonds is 8. The first kappa shape index (κ1) is 20.5. The Labute approximate surface area is 162 Å². The Kier molecular flexibility index (Phi) is 6.71. The summed E-state index contributed by atoms with van der Waals surface area (Å²) in [5, 5.41) is 40.2. The number of aliphatic hydroxyl groups excluding tert-OH is 2. The minimum Gasteiger partial charge on any atom is -0.494 e. The Morgan fingerprint density at radius 2 is 1.41 bits per heavy atom. The molecule has 0 spiro atoms. The Bertz CT molecular complexity index is 593. The average Bonchev–Trinajstić information content (AvgIpc) is 3.07. The fourth-order valence-electron chi connectivity index (χ4n) is 5.45. The van der Waals surface area contributed by atoms with Crippen LogP contribution in [0.1, 0.15) is 68.9 Å². The first-order valence-electron chi connectivity index (χ1n) is 10.6. The van der Waals surface area contributed by atoms with E-state index >= 15 is 0 Å². The summed E-state index contributed by atoms with van der Waals surface area (Å²) >= 11 is 0. The number of aromatic hydroxyl groups is 2. The van der Waals surface area contributed by atoms with Crippen LogP contribution in [0.2, 0.25) is 0 Å². The fourth-order valence-corrected chi connectivity index (χ4v) is 5.45. The van der Waals surface area contributed by atoms with E-state index in [1.54, 1.807) is 4.57 Å². The van der Waals surface area contributed by atoms with Gasteiger partial charge in [-0.2, -0.15) is 0 Å². The molecule has 2 aliphatic carbocycles. The van der Waals surface area contributed by atoms with Gasteiger partial charge in [0.05, 0.1) is 13.2 Å². The van der Waals surface area contributed by atoms with Crippen molar-refractivity contribution in [1.29, 1.82) is 0 Å². The third kappa shape index (κ3) is 4.13. The van der Waals surface area contributed by atoms with E-state index in [4.69, 9.17) is 0 Å². The van der Waals surface area contributed by atoms with Gasteiger partial charge in [0.15, 0.2) is 11.8 Å². The van der Waals surface area contributed by atoms with Crippen molar-refractivity contribution in [3.05, 3.63) is 11.1 Å². The van der Waals surface area contributed by atoms with Gasteiger partial charge in [-0.05, 0) is 42.9 Å². The molecule has 1 aromatic rings. The molecule has 154 valence electrons. The lowest BCUT2D eigenvalue weighted by Gasteiger charge is -2.36. The molecule has 0 bridgehead atoms. The summed E-state index contributed by atoms with van der Waals surface area (Å²) in [7, 11) is 0. The first-order chi connectivity index (χ1) is 13.0. The van der Waals surface area contributed by atoms with Crippen LogP contribution in [0, 0.1) is 11.8 Å². The molecule has 1 fully saturated rings. The lowest BCUT2D eigenvalue weighted by Crippen LogP contribution is -2.38. The summed E-state index contributed by atoms with van der Waals surface area (Å²) in [4.78, 5) is 2.13. The molecule has 0 aliphatic heterocycles. The molecular weight excluding hydrogens is 344 g/mol. The maximum atomic E-state index is 10.8. The minimum absolute atomic E-state index is 0.0963. The Balaban J connectivity index is 1.77. The molecule has 6 heteroatoms. The van der Waals surface area contributed by atoms with Crippen LogP contribution >= 0.6 is 0 Å². The third-order valence-electron chi connectivity index (χ3n) is 6.78. The molecule has 0 radical (unpaired) electrons. The molecule has 4 unspecified atom stereocenters. The van der Waals surface area contributed by atoms with E-state index < -0.39 is 0 Å². The van der Waals surface area contributed by atoms with Gasteiger partial charge >= 0.3 is 0 Å². The average molecular weight is 381 g/mol. The van der Waals surface area contributed by atoms with Crippen LogP contribution < -0.4 is 0 Å². The molecule has 1 aromatic heterocycles. The number of fused-ring (bicyclic) bond motifs is 1. The van der Waals surface area contributed by atoms with Crippen LogP contribution in [0.4, 0.5) is 0 Å². The van der Waals surface area contributed by atoms with Crippen LogP contribution in [-0.2, 0) is 6.54 Å². The highest BCUT2D eigenvalue weighted by molar-refractivity contribution is 5.52. The zero-order chi connectivity index (χ0) is 19.6. The molecule has 2 aliphatic rings. The third-order valence-corrected chi connectivity index (χ3v) is 6.78. The number of aliphatic hydroxyl groups is 2. The normalized spacial score (nSPS) is 28.0. The molecule has 1 heterocycles. The smallest absolute Gasteiger partial charge is 0.197 e. The van der Waals surface area contributed by atoms with E-state index in [1.165, 1.54) is 12.8 Å². The molecule has 0 amide bonds. The lowest BCUT2D eigenvalue weighted by atomic mass is 9.78. The molecule has 0 aromatic carbocycles. The first-order valence-corrected chi connectivity index (χ1v) is 10.6. The standard InChI is InChI=1S/C21H36N2O4/c1-14-11-15(2)19-18(14)20(26)23(21(19)27)13-17-6-4-3-5-16(17)12-22(7-9-24)8-10-25/h14-17,24-27H,3-13H2,1-2H3. The van der Waals surface area contributed by atoms with Crippen LogP contribution in [0.3, 0.4) is 0 Å². The molecule has 4 atom stereocenters. The van der Waals surface area contributed by atoms with E-state index in [1.807, 2.05) is 0 Å². The van der Waals surface area contributed by atoms with Crippen LogP contribution in [-0.4, -0.2) is 62.7 Å². The van der Waals surface area contributed by atoms with Crippen LogP contribution in [0.5, 0.6) is 11.8 Å². The summed E-state index contributed by atoms with van der Waals surface area (Å²) in [6.45, 7) is 7.08. The highest BCUT2D eigenvalue weighted by Crippen LogP contribution is 2.52. The lowest BCUT2D eigenvalue weighted by molar-refractivity contribution is 0.103. The summed E-state index contributed by atoms with van der Waals surface area (Å²) in [6, 6.07) is 0. The predicted molar refractivity (Wildman–Crippen MR) is 105 cm³/mol. The summed E-state index contributed by atoms with van der Waals surface area (Å²) < 4.78 is 1.74. The van der Waals surface area contributed by atoms with Gasteiger partial charge in [-0.1, -0.05) is 26.7 Å². The number of nitrogens with zero attached hydrogens (tertiary/aromatic N) is 2. The second-order valence-electron chi connectivity index (χ2n) is 8.68. The summed E-state index contributed by atoms with van der Waals surface area (Å²) in [5.41, 5.74) is 1.88. The van der Waals surface area contributed by atoms with Gasteiger partial charge < -0.3 is 20.4 Å². The minimum atomic E-state index is 0.0963. The largest absolute Gasteiger partial charge is 0.494 e. The van der Waals surface area contributed by atoms with Gasteiger partial charge in [0.25, 0.3) is 0 Å². The highest BCUT2D eigenvalue weighted by atomic mass is 16.3. The zero-order valence-electron chi connectivity index (χ0n) is 16.8. The number of hydrogen-bond acceptors (Lipinski definition) is 5. The van der Waals surface area contributed by atoms with Gasteiger partial charge in [0, 0.05) is 37.3 Å². The Morgan fingerprint density at radius 3 is 1.93 bits per heavy atom. The molecule has 4 N–H and O–H groups in total. The molecule has 1 saturated carbocycles. The number of aromatic nitrogens is 1. The van der Waals surface area contributed by atoms with Crippen molar-refractivity contribution >= 4 is 0 Å².